The summed E-state index contributed by atoms with van der Waals surface area (Å²) >= 11 is 6.18. The molecule has 0 spiro atoms. The minimum Gasteiger partial charge on any atom is -0.397 e. The van der Waals surface area contributed by atoms with Gasteiger partial charge in [-0.1, -0.05) is 53.2 Å². The van der Waals surface area contributed by atoms with Gasteiger partial charge < -0.3 is 11.1 Å². The molecular weight excluding hydrogens is 417 g/mol. The van der Waals surface area contributed by atoms with Crippen LogP contribution in [0.15, 0.2) is 72.9 Å². The van der Waals surface area contributed by atoms with Crippen LogP contribution in [0.1, 0.15) is 16.1 Å². The molecule has 0 atom stereocenters. The Bertz CT molecular complexity index is 1220. The molecule has 1 amide bonds. The second-order valence-electron chi connectivity index (χ2n) is 6.97. The monoisotopic (exact) mass is 435 g/mol. The van der Waals surface area contributed by atoms with Crippen molar-refractivity contribution in [3.05, 3.63) is 95.0 Å². The molecule has 3 aromatic carbocycles. The standard InChI is InChI=1S/C23H19ClFN5O/c24-19-4-2-1-3-16(19)11-12-30-14-22(28-29-30)23(31)27-21-13-17(7-10-20(21)26)15-5-8-18(25)9-6-15/h1-10,13-14H,11-12,26H2,(H,27,31). The summed E-state index contributed by atoms with van der Waals surface area (Å²) in [5, 5.41) is 11.4. The summed E-state index contributed by atoms with van der Waals surface area (Å²) in [5.41, 5.74) is 9.65. The molecule has 0 aliphatic carbocycles. The Balaban J connectivity index is 1.45. The first-order chi connectivity index (χ1) is 15.0. The van der Waals surface area contributed by atoms with E-state index >= 15 is 0 Å². The lowest BCUT2D eigenvalue weighted by molar-refractivity contribution is 0.102. The van der Waals surface area contributed by atoms with Gasteiger partial charge >= 0.3 is 0 Å². The summed E-state index contributed by atoms with van der Waals surface area (Å²) in [6.07, 6.45) is 2.24. The van der Waals surface area contributed by atoms with Gasteiger partial charge in [0.25, 0.3) is 5.91 Å². The Labute approximate surface area is 183 Å². The number of nitrogens with two attached hydrogens (primary N) is 1. The van der Waals surface area contributed by atoms with Crippen molar-refractivity contribution in [1.29, 1.82) is 0 Å². The predicted molar refractivity (Wildman–Crippen MR) is 119 cm³/mol. The van der Waals surface area contributed by atoms with Crippen molar-refractivity contribution in [3.63, 3.8) is 0 Å². The molecule has 0 aliphatic heterocycles. The van der Waals surface area contributed by atoms with Crippen molar-refractivity contribution in [1.82, 2.24) is 15.0 Å². The zero-order valence-electron chi connectivity index (χ0n) is 16.4. The molecule has 4 rings (SSSR count). The second-order valence-corrected chi connectivity index (χ2v) is 7.38. The van der Waals surface area contributed by atoms with E-state index in [-0.39, 0.29) is 11.5 Å². The van der Waals surface area contributed by atoms with E-state index in [0.717, 1.165) is 16.7 Å². The van der Waals surface area contributed by atoms with E-state index in [1.807, 2.05) is 30.3 Å². The van der Waals surface area contributed by atoms with Crippen molar-refractivity contribution in [2.45, 2.75) is 13.0 Å². The van der Waals surface area contributed by atoms with Crippen molar-refractivity contribution in [2.24, 2.45) is 0 Å². The molecule has 8 heteroatoms. The lowest BCUT2D eigenvalue weighted by Gasteiger charge is -2.10. The predicted octanol–water partition coefficient (Wildman–Crippen LogP) is 4.81. The minimum atomic E-state index is -0.424. The van der Waals surface area contributed by atoms with Crippen LogP contribution < -0.4 is 11.1 Å². The number of aromatic nitrogens is 3. The van der Waals surface area contributed by atoms with E-state index in [1.165, 1.54) is 12.1 Å². The van der Waals surface area contributed by atoms with Crippen LogP contribution in [0.5, 0.6) is 0 Å². The molecule has 4 aromatic rings. The van der Waals surface area contributed by atoms with Gasteiger partial charge in [-0.25, -0.2) is 4.39 Å². The SMILES string of the molecule is Nc1ccc(-c2ccc(F)cc2)cc1NC(=O)c1cn(CCc2ccccc2Cl)nn1. The topological polar surface area (TPSA) is 85.8 Å². The second kappa shape index (κ2) is 8.97. The smallest absolute Gasteiger partial charge is 0.277 e. The molecule has 0 bridgehead atoms. The van der Waals surface area contributed by atoms with Crippen LogP contribution in [-0.2, 0) is 13.0 Å². The molecule has 31 heavy (non-hydrogen) atoms. The molecule has 0 radical (unpaired) electrons. The number of hydrogen-bond donors (Lipinski definition) is 2. The third kappa shape index (κ3) is 4.90. The highest BCUT2D eigenvalue weighted by Gasteiger charge is 2.14. The van der Waals surface area contributed by atoms with Crippen LogP contribution >= 0.6 is 11.6 Å². The van der Waals surface area contributed by atoms with E-state index < -0.39 is 5.91 Å². The quantitative estimate of drug-likeness (QED) is 0.425. The van der Waals surface area contributed by atoms with Gasteiger partial charge in [0.2, 0.25) is 0 Å². The van der Waals surface area contributed by atoms with Crippen LogP contribution in [0.4, 0.5) is 15.8 Å². The summed E-state index contributed by atoms with van der Waals surface area (Å²) in [6, 6.07) is 18.9. The summed E-state index contributed by atoms with van der Waals surface area (Å²) in [7, 11) is 0. The fraction of sp³-hybridized carbons (Fsp3) is 0.0870. The Kier molecular flexibility index (Phi) is 5.95. The number of carbonyl (C=O) groups excluding carboxylic acids is 1. The number of amides is 1. The van der Waals surface area contributed by atoms with Gasteiger partial charge in [0.15, 0.2) is 5.69 Å². The van der Waals surface area contributed by atoms with Crippen molar-refractivity contribution >= 4 is 28.9 Å². The molecule has 6 nitrogen and oxygen atoms in total. The van der Waals surface area contributed by atoms with Crippen molar-refractivity contribution < 1.29 is 9.18 Å². The van der Waals surface area contributed by atoms with Crippen LogP contribution in [0.2, 0.25) is 5.02 Å². The molecule has 0 aliphatic rings. The summed E-state index contributed by atoms with van der Waals surface area (Å²) in [5.74, 6) is -0.739. The highest BCUT2D eigenvalue weighted by atomic mass is 35.5. The molecule has 3 N–H and O–H groups in total. The average Bonchev–Trinajstić information content (AvgIpc) is 3.25. The third-order valence-corrected chi connectivity index (χ3v) is 5.19. The van der Waals surface area contributed by atoms with Crippen molar-refractivity contribution in [3.8, 4) is 11.1 Å². The number of nitrogens with one attached hydrogen (secondary N) is 1. The molecule has 1 heterocycles. The normalized spacial score (nSPS) is 10.8. The number of carbonyl (C=O) groups is 1. The zero-order valence-corrected chi connectivity index (χ0v) is 17.2. The van der Waals surface area contributed by atoms with Gasteiger partial charge in [-0.05, 0) is 53.4 Å². The third-order valence-electron chi connectivity index (χ3n) is 4.82. The molecule has 0 saturated carbocycles. The Morgan fingerprint density at radius 1 is 1.06 bits per heavy atom. The maximum Gasteiger partial charge on any atom is 0.277 e. The van der Waals surface area contributed by atoms with Gasteiger partial charge in [0, 0.05) is 11.6 Å². The van der Waals surface area contributed by atoms with Gasteiger partial charge in [-0.15, -0.1) is 5.10 Å². The number of nitrogen functional groups attached to an aromatic ring is 1. The molecule has 0 fully saturated rings. The van der Waals surface area contributed by atoms with Crippen LogP contribution in [0.25, 0.3) is 11.1 Å². The first-order valence-electron chi connectivity index (χ1n) is 9.60. The van der Waals surface area contributed by atoms with Gasteiger partial charge in [-0.2, -0.15) is 0 Å². The number of rotatable bonds is 6. The highest BCUT2D eigenvalue weighted by Crippen LogP contribution is 2.27. The van der Waals surface area contributed by atoms with Crippen LogP contribution in [-0.4, -0.2) is 20.9 Å². The molecule has 1 aromatic heterocycles. The van der Waals surface area contributed by atoms with E-state index in [9.17, 15) is 9.18 Å². The first kappa shape index (κ1) is 20.6. The average molecular weight is 436 g/mol. The van der Waals surface area contributed by atoms with E-state index in [2.05, 4.69) is 15.6 Å². The maximum absolute atomic E-state index is 13.2. The molecule has 156 valence electrons. The molecular formula is C23H19ClFN5O. The lowest BCUT2D eigenvalue weighted by atomic mass is 10.0. The van der Waals surface area contributed by atoms with Gasteiger partial charge in [0.1, 0.15) is 5.82 Å². The van der Waals surface area contributed by atoms with E-state index in [1.54, 1.807) is 35.1 Å². The number of anilines is 2. The van der Waals surface area contributed by atoms with Crippen molar-refractivity contribution in [2.75, 3.05) is 11.1 Å². The minimum absolute atomic E-state index is 0.172. The summed E-state index contributed by atoms with van der Waals surface area (Å²) in [4.78, 5) is 12.6. The zero-order chi connectivity index (χ0) is 21.8. The fourth-order valence-corrected chi connectivity index (χ4v) is 3.35. The van der Waals surface area contributed by atoms with E-state index in [0.29, 0.717) is 29.4 Å². The Hall–Kier alpha value is -3.71. The maximum atomic E-state index is 13.2. The Morgan fingerprint density at radius 2 is 1.81 bits per heavy atom. The van der Waals surface area contributed by atoms with Crippen LogP contribution in [0.3, 0.4) is 0 Å². The number of nitrogens with zero attached hydrogens (tertiary/aromatic N) is 3. The van der Waals surface area contributed by atoms with Gasteiger partial charge in [-0.3, -0.25) is 9.48 Å². The largest absolute Gasteiger partial charge is 0.397 e. The lowest BCUT2D eigenvalue weighted by Crippen LogP contribution is -2.14. The molecule has 0 saturated heterocycles. The van der Waals surface area contributed by atoms with E-state index in [4.69, 9.17) is 17.3 Å². The van der Waals surface area contributed by atoms with Gasteiger partial charge in [0.05, 0.1) is 17.6 Å². The number of halogens is 2. The van der Waals surface area contributed by atoms with Crippen LogP contribution in [0, 0.1) is 5.82 Å². The summed E-state index contributed by atoms with van der Waals surface area (Å²) in [6.45, 7) is 0.534. The molecule has 0 unspecified atom stereocenters. The Morgan fingerprint density at radius 3 is 2.58 bits per heavy atom. The number of benzene rings is 3. The number of aryl methyl sites for hydroxylation is 2. The first-order valence-corrected chi connectivity index (χ1v) is 9.98. The highest BCUT2D eigenvalue weighted by molar-refractivity contribution is 6.31. The summed E-state index contributed by atoms with van der Waals surface area (Å²) < 4.78 is 14.8. The number of hydrogen-bond acceptors (Lipinski definition) is 4. The fourth-order valence-electron chi connectivity index (χ4n) is 3.12.